The van der Waals surface area contributed by atoms with Gasteiger partial charge in [0, 0.05) is 0 Å². The molecule has 0 saturated heterocycles. The molecule has 1 aromatic rings. The molecule has 0 aliphatic rings. The van der Waals surface area contributed by atoms with Gasteiger partial charge in [0.15, 0.2) is 0 Å². The maximum Gasteiger partial charge on any atom is 0.408 e. The van der Waals surface area contributed by atoms with E-state index in [0.717, 1.165) is 5.56 Å². The van der Waals surface area contributed by atoms with Gasteiger partial charge in [-0.1, -0.05) is 17.9 Å². The van der Waals surface area contributed by atoms with Gasteiger partial charge in [-0.2, -0.15) is 0 Å². The van der Waals surface area contributed by atoms with Crippen molar-refractivity contribution in [3.05, 3.63) is 29.3 Å². The van der Waals surface area contributed by atoms with Gasteiger partial charge in [0.2, 0.25) is 0 Å². The fourth-order valence-electron chi connectivity index (χ4n) is 1.52. The molecule has 0 saturated carbocycles. The molecule has 114 valence electrons. The van der Waals surface area contributed by atoms with Crippen LogP contribution < -0.4 is 10.1 Å². The van der Waals surface area contributed by atoms with Crippen LogP contribution in [0.3, 0.4) is 0 Å². The Bertz CT molecular complexity index is 550. The average molecular weight is 291 g/mol. The van der Waals surface area contributed by atoms with Crippen molar-refractivity contribution in [1.82, 2.24) is 5.32 Å². The first-order valence-corrected chi connectivity index (χ1v) is 6.59. The molecule has 2 N–H and O–H groups in total. The van der Waals surface area contributed by atoms with Crippen LogP contribution in [-0.4, -0.2) is 30.5 Å². The Morgan fingerprint density at radius 1 is 1.38 bits per heavy atom. The largest absolute Gasteiger partial charge is 0.495 e. The van der Waals surface area contributed by atoms with Crippen molar-refractivity contribution in [3.8, 4) is 17.6 Å². The summed E-state index contributed by atoms with van der Waals surface area (Å²) in [5.41, 5.74) is 0.881. The van der Waals surface area contributed by atoms with Gasteiger partial charge in [-0.15, -0.1) is 0 Å². The fraction of sp³-hybridized carbons (Fsp3) is 0.438. The van der Waals surface area contributed by atoms with E-state index in [1.54, 1.807) is 46.1 Å². The number of rotatable bonds is 3. The lowest BCUT2D eigenvalue weighted by atomic mass is 10.1. The molecule has 1 rings (SSSR count). The van der Waals surface area contributed by atoms with Crippen LogP contribution in [0.1, 0.15) is 31.9 Å². The van der Waals surface area contributed by atoms with Gasteiger partial charge in [-0.25, -0.2) is 4.79 Å². The monoisotopic (exact) mass is 291 g/mol. The van der Waals surface area contributed by atoms with Crippen LogP contribution in [0.4, 0.5) is 4.79 Å². The number of alkyl carbamates (subject to hydrolysis) is 1. The zero-order valence-corrected chi connectivity index (χ0v) is 12.8. The summed E-state index contributed by atoms with van der Waals surface area (Å²) in [6.45, 7) is 5.49. The second-order valence-electron chi connectivity index (χ2n) is 5.35. The molecule has 1 amide bonds. The number of aliphatic hydroxyl groups is 1. The van der Waals surface area contributed by atoms with Crippen LogP contribution in [0.5, 0.6) is 5.75 Å². The number of methoxy groups -OCH3 is 1. The van der Waals surface area contributed by atoms with E-state index in [9.17, 15) is 4.79 Å². The minimum Gasteiger partial charge on any atom is -0.495 e. The highest BCUT2D eigenvalue weighted by molar-refractivity contribution is 5.68. The highest BCUT2D eigenvalue weighted by Gasteiger charge is 2.15. The quantitative estimate of drug-likeness (QED) is 0.837. The van der Waals surface area contributed by atoms with Crippen LogP contribution in [0.25, 0.3) is 0 Å². The van der Waals surface area contributed by atoms with E-state index < -0.39 is 11.7 Å². The van der Waals surface area contributed by atoms with Gasteiger partial charge in [-0.3, -0.25) is 0 Å². The van der Waals surface area contributed by atoms with Crippen molar-refractivity contribution in [3.63, 3.8) is 0 Å². The zero-order chi connectivity index (χ0) is 15.9. The third kappa shape index (κ3) is 6.19. The Morgan fingerprint density at radius 2 is 2.10 bits per heavy atom. The summed E-state index contributed by atoms with van der Waals surface area (Å²) in [4.78, 5) is 11.4. The molecule has 5 nitrogen and oxygen atoms in total. The first kappa shape index (κ1) is 16.9. The molecule has 0 radical (unpaired) electrons. The molecule has 0 fully saturated rings. The van der Waals surface area contributed by atoms with E-state index in [2.05, 4.69) is 17.2 Å². The summed E-state index contributed by atoms with van der Waals surface area (Å²) in [6.07, 6.45) is -0.507. The van der Waals surface area contributed by atoms with Gasteiger partial charge in [0.25, 0.3) is 0 Å². The molecule has 0 spiro atoms. The Morgan fingerprint density at radius 3 is 2.67 bits per heavy atom. The number of carbonyl (C=O) groups is 1. The normalized spacial score (nSPS) is 10.3. The smallest absolute Gasteiger partial charge is 0.408 e. The maximum absolute atomic E-state index is 11.4. The summed E-state index contributed by atoms with van der Waals surface area (Å²) in [6, 6.07) is 5.26. The number of nitrogens with one attached hydrogen (secondary N) is 1. The standard InChI is InChI=1S/C16H21NO4/c1-16(2,3)21-15(19)17-9-5-6-13-10-12(11-18)7-8-14(13)20-4/h7-8,10,18H,9,11H2,1-4H3,(H,17,19). The fourth-order valence-corrected chi connectivity index (χ4v) is 1.52. The Labute approximate surface area is 125 Å². The van der Waals surface area contributed by atoms with Crippen molar-refractivity contribution < 1.29 is 19.4 Å². The second kappa shape index (κ2) is 7.55. The summed E-state index contributed by atoms with van der Waals surface area (Å²) < 4.78 is 10.3. The molecule has 0 unspecified atom stereocenters. The van der Waals surface area contributed by atoms with Crippen molar-refractivity contribution in [2.75, 3.05) is 13.7 Å². The van der Waals surface area contributed by atoms with Crippen LogP contribution in [0.2, 0.25) is 0 Å². The molecule has 0 atom stereocenters. The van der Waals surface area contributed by atoms with E-state index in [-0.39, 0.29) is 13.2 Å². The number of aliphatic hydroxyl groups excluding tert-OH is 1. The van der Waals surface area contributed by atoms with Crippen molar-refractivity contribution in [2.45, 2.75) is 33.0 Å². The van der Waals surface area contributed by atoms with Crippen molar-refractivity contribution in [1.29, 1.82) is 0 Å². The SMILES string of the molecule is COc1ccc(CO)cc1C#CCNC(=O)OC(C)(C)C. The minimum atomic E-state index is -0.532. The molecule has 1 aromatic carbocycles. The van der Waals surface area contributed by atoms with E-state index in [1.165, 1.54) is 0 Å². The van der Waals surface area contributed by atoms with E-state index in [1.807, 2.05) is 0 Å². The highest BCUT2D eigenvalue weighted by Crippen LogP contribution is 2.18. The maximum atomic E-state index is 11.4. The van der Waals surface area contributed by atoms with Crippen molar-refractivity contribution >= 4 is 6.09 Å². The Balaban J connectivity index is 2.64. The van der Waals surface area contributed by atoms with Crippen LogP contribution in [0.15, 0.2) is 18.2 Å². The van der Waals surface area contributed by atoms with E-state index >= 15 is 0 Å². The summed E-state index contributed by atoms with van der Waals surface area (Å²) in [5.74, 6) is 6.34. The molecule has 0 bridgehead atoms. The number of ether oxygens (including phenoxy) is 2. The number of carbonyl (C=O) groups excluding carboxylic acids is 1. The third-order valence-electron chi connectivity index (χ3n) is 2.39. The van der Waals surface area contributed by atoms with Crippen molar-refractivity contribution in [2.24, 2.45) is 0 Å². The molecule has 21 heavy (non-hydrogen) atoms. The molecule has 0 aliphatic heterocycles. The Hall–Kier alpha value is -2.19. The summed E-state index contributed by atoms with van der Waals surface area (Å²) >= 11 is 0. The van der Waals surface area contributed by atoms with Gasteiger partial charge in [0.1, 0.15) is 11.4 Å². The van der Waals surface area contributed by atoms with Crippen LogP contribution >= 0.6 is 0 Å². The molecule has 5 heteroatoms. The van der Waals surface area contributed by atoms with E-state index in [0.29, 0.717) is 11.3 Å². The molecule has 0 aliphatic carbocycles. The number of amides is 1. The van der Waals surface area contributed by atoms with Crippen LogP contribution in [0, 0.1) is 11.8 Å². The highest BCUT2D eigenvalue weighted by atomic mass is 16.6. The molecular weight excluding hydrogens is 270 g/mol. The topological polar surface area (TPSA) is 67.8 Å². The minimum absolute atomic E-state index is 0.0607. The van der Waals surface area contributed by atoms with Gasteiger partial charge in [0.05, 0.1) is 25.8 Å². The predicted molar refractivity (Wildman–Crippen MR) is 80.0 cm³/mol. The first-order valence-electron chi connectivity index (χ1n) is 6.59. The number of benzene rings is 1. The number of hydrogen-bond acceptors (Lipinski definition) is 4. The molecular formula is C16H21NO4. The van der Waals surface area contributed by atoms with Gasteiger partial charge >= 0.3 is 6.09 Å². The lowest BCUT2D eigenvalue weighted by molar-refractivity contribution is 0.0535. The average Bonchev–Trinajstić information content (AvgIpc) is 2.41. The molecule has 0 aromatic heterocycles. The molecule has 0 heterocycles. The lowest BCUT2D eigenvalue weighted by Gasteiger charge is -2.19. The first-order chi connectivity index (χ1) is 9.85. The lowest BCUT2D eigenvalue weighted by Crippen LogP contribution is -2.32. The predicted octanol–water partition coefficient (Wildman–Crippen LogP) is 2.06. The third-order valence-corrected chi connectivity index (χ3v) is 2.39. The van der Waals surface area contributed by atoms with Gasteiger partial charge < -0.3 is 19.9 Å². The van der Waals surface area contributed by atoms with E-state index in [4.69, 9.17) is 14.6 Å². The van der Waals surface area contributed by atoms with Crippen LogP contribution in [-0.2, 0) is 11.3 Å². The zero-order valence-electron chi connectivity index (χ0n) is 12.8. The summed E-state index contributed by atoms with van der Waals surface area (Å²) in [7, 11) is 1.55. The number of hydrogen-bond donors (Lipinski definition) is 2. The summed E-state index contributed by atoms with van der Waals surface area (Å²) in [5, 5.41) is 11.7. The van der Waals surface area contributed by atoms with Gasteiger partial charge in [-0.05, 0) is 38.5 Å². The second-order valence-corrected chi connectivity index (χ2v) is 5.35. The Kier molecular flexibility index (Phi) is 6.07.